The van der Waals surface area contributed by atoms with E-state index in [-0.39, 0.29) is 17.3 Å². The molecule has 0 spiro atoms. The predicted octanol–water partition coefficient (Wildman–Crippen LogP) is 6.03. The minimum atomic E-state index is -4.38. The number of ketones is 1. The van der Waals surface area contributed by atoms with Gasteiger partial charge < -0.3 is 0 Å². The Balaban J connectivity index is 1.50. The molecule has 2 heterocycles. The quantitative estimate of drug-likeness (QED) is 0.583. The van der Waals surface area contributed by atoms with E-state index in [0.717, 1.165) is 38.3 Å². The molecule has 2 saturated heterocycles. The van der Waals surface area contributed by atoms with Crippen LogP contribution in [0.2, 0.25) is 0 Å². The Morgan fingerprint density at radius 1 is 1.03 bits per heavy atom. The molecule has 4 rings (SSSR count). The van der Waals surface area contributed by atoms with Crippen LogP contribution < -0.4 is 0 Å². The number of carbonyl (C=O) groups excluding carboxylic acids is 1. The van der Waals surface area contributed by atoms with Gasteiger partial charge in [-0.1, -0.05) is 42.8 Å². The molecule has 5 heteroatoms. The minimum absolute atomic E-state index is 0.00177. The molecule has 0 N–H and O–H groups in total. The van der Waals surface area contributed by atoms with Crippen molar-refractivity contribution in [1.29, 1.82) is 0 Å². The third kappa shape index (κ3) is 4.25. The third-order valence-electron chi connectivity index (χ3n) is 6.52. The summed E-state index contributed by atoms with van der Waals surface area (Å²) in [4.78, 5) is 15.7. The fraction of sp³-hybridized carbons (Fsp3) is 0.458. The Hall–Kier alpha value is -2.14. The molecule has 2 aliphatic heterocycles. The van der Waals surface area contributed by atoms with Crippen molar-refractivity contribution in [2.75, 3.05) is 0 Å². The molecule has 154 valence electrons. The predicted molar refractivity (Wildman–Crippen MR) is 107 cm³/mol. The number of nitrogens with zero attached hydrogens (tertiary/aromatic N) is 1. The average Bonchev–Trinajstić information content (AvgIpc) is 2.67. The van der Waals surface area contributed by atoms with Gasteiger partial charge in [-0.2, -0.15) is 13.2 Å². The number of piperidine rings is 2. The van der Waals surface area contributed by atoms with Crippen LogP contribution in [0.1, 0.15) is 59.2 Å². The van der Waals surface area contributed by atoms with Crippen molar-refractivity contribution in [3.63, 3.8) is 0 Å². The Bertz CT molecular complexity index is 863. The van der Waals surface area contributed by atoms with Crippen LogP contribution >= 0.6 is 0 Å². The standard InChI is InChI=1S/C24H26F3NO/c1-16-12-18(10-11-22(16)24(25,26)27)23(29)19-13-20-8-5-9-21(14-19)28(20)15-17-6-3-2-4-7-17/h2-4,6-7,10-12,19-21H,5,8-9,13-15H2,1H3. The van der Waals surface area contributed by atoms with Crippen molar-refractivity contribution < 1.29 is 18.0 Å². The number of carbonyl (C=O) groups is 1. The topological polar surface area (TPSA) is 20.3 Å². The molecular formula is C24H26F3NO. The highest BCUT2D eigenvalue weighted by Gasteiger charge is 2.41. The minimum Gasteiger partial charge on any atom is -0.294 e. The van der Waals surface area contributed by atoms with Gasteiger partial charge in [0.05, 0.1) is 5.56 Å². The summed E-state index contributed by atoms with van der Waals surface area (Å²) in [6.45, 7) is 2.33. The van der Waals surface area contributed by atoms with Gasteiger partial charge in [0, 0.05) is 30.1 Å². The summed E-state index contributed by atoms with van der Waals surface area (Å²) in [5.74, 6) is -0.105. The first-order chi connectivity index (χ1) is 13.8. The van der Waals surface area contributed by atoms with E-state index in [1.54, 1.807) is 0 Å². The molecule has 0 amide bonds. The normalized spacial score (nSPS) is 25.0. The van der Waals surface area contributed by atoms with Gasteiger partial charge in [0.25, 0.3) is 0 Å². The number of hydrogen-bond donors (Lipinski definition) is 0. The maximum Gasteiger partial charge on any atom is 0.416 e. The van der Waals surface area contributed by atoms with Gasteiger partial charge in [0.15, 0.2) is 5.78 Å². The second-order valence-electron chi connectivity index (χ2n) is 8.46. The molecule has 2 atom stereocenters. The van der Waals surface area contributed by atoms with Crippen LogP contribution in [0.25, 0.3) is 0 Å². The lowest BCUT2D eigenvalue weighted by Crippen LogP contribution is -2.52. The number of fused-ring (bicyclic) bond motifs is 2. The molecule has 29 heavy (non-hydrogen) atoms. The summed E-state index contributed by atoms with van der Waals surface area (Å²) in [5, 5.41) is 0. The zero-order valence-electron chi connectivity index (χ0n) is 16.6. The summed E-state index contributed by atoms with van der Waals surface area (Å²) in [5.41, 5.74) is 1.15. The van der Waals surface area contributed by atoms with Crippen molar-refractivity contribution >= 4 is 5.78 Å². The maximum atomic E-state index is 13.1. The van der Waals surface area contributed by atoms with Crippen LogP contribution in [0.3, 0.4) is 0 Å². The number of alkyl halides is 3. The molecule has 2 aliphatic rings. The number of rotatable bonds is 4. The first-order valence-corrected chi connectivity index (χ1v) is 10.3. The maximum absolute atomic E-state index is 13.1. The molecule has 2 bridgehead atoms. The molecule has 0 aliphatic carbocycles. The molecular weight excluding hydrogens is 375 g/mol. The average molecular weight is 401 g/mol. The van der Waals surface area contributed by atoms with Gasteiger partial charge in [0.1, 0.15) is 0 Å². The van der Waals surface area contributed by atoms with Crippen LogP contribution in [-0.4, -0.2) is 22.8 Å². The first-order valence-electron chi connectivity index (χ1n) is 10.3. The molecule has 0 saturated carbocycles. The van der Waals surface area contributed by atoms with Crippen LogP contribution in [0.15, 0.2) is 48.5 Å². The van der Waals surface area contributed by atoms with Crippen molar-refractivity contribution in [2.24, 2.45) is 5.92 Å². The van der Waals surface area contributed by atoms with E-state index in [0.29, 0.717) is 17.6 Å². The smallest absolute Gasteiger partial charge is 0.294 e. The van der Waals surface area contributed by atoms with E-state index in [9.17, 15) is 18.0 Å². The molecule has 2 aromatic carbocycles. The highest BCUT2D eigenvalue weighted by molar-refractivity contribution is 5.98. The molecule has 2 aromatic rings. The number of halogens is 3. The molecule has 0 aromatic heterocycles. The number of aryl methyl sites for hydroxylation is 1. The first kappa shape index (κ1) is 20.1. The van der Waals surface area contributed by atoms with Crippen LogP contribution in [0.5, 0.6) is 0 Å². The van der Waals surface area contributed by atoms with E-state index in [1.165, 1.54) is 31.0 Å². The van der Waals surface area contributed by atoms with Crippen molar-refractivity contribution in [1.82, 2.24) is 4.90 Å². The summed E-state index contributed by atoms with van der Waals surface area (Å²) >= 11 is 0. The van der Waals surface area contributed by atoms with Crippen molar-refractivity contribution in [2.45, 2.75) is 63.8 Å². The summed E-state index contributed by atoms with van der Waals surface area (Å²) < 4.78 is 39.1. The van der Waals surface area contributed by atoms with Crippen molar-refractivity contribution in [3.8, 4) is 0 Å². The summed E-state index contributed by atoms with van der Waals surface area (Å²) in [6, 6.07) is 14.9. The molecule has 0 radical (unpaired) electrons. The Morgan fingerprint density at radius 3 is 2.28 bits per heavy atom. The number of benzene rings is 2. The van der Waals surface area contributed by atoms with Gasteiger partial charge in [-0.15, -0.1) is 0 Å². The summed E-state index contributed by atoms with van der Waals surface area (Å²) in [6.07, 6.45) is 0.551. The highest BCUT2D eigenvalue weighted by Crippen LogP contribution is 2.40. The van der Waals surface area contributed by atoms with E-state index in [1.807, 2.05) is 18.2 Å². The zero-order valence-corrected chi connectivity index (χ0v) is 16.6. The van der Waals surface area contributed by atoms with Gasteiger partial charge in [-0.05, 0) is 55.9 Å². The second kappa shape index (κ2) is 7.94. The molecule has 2 nitrogen and oxygen atoms in total. The Kier molecular flexibility index (Phi) is 5.52. The van der Waals surface area contributed by atoms with Crippen LogP contribution in [-0.2, 0) is 12.7 Å². The van der Waals surface area contributed by atoms with Crippen LogP contribution in [0.4, 0.5) is 13.2 Å². The van der Waals surface area contributed by atoms with Gasteiger partial charge in [-0.3, -0.25) is 9.69 Å². The Morgan fingerprint density at radius 2 is 1.69 bits per heavy atom. The fourth-order valence-electron chi connectivity index (χ4n) is 5.12. The van der Waals surface area contributed by atoms with E-state index >= 15 is 0 Å². The number of Topliss-reactive ketones (excluding diaryl/α,β-unsaturated/α-hetero) is 1. The largest absolute Gasteiger partial charge is 0.416 e. The SMILES string of the molecule is Cc1cc(C(=O)C2CC3CCCC(C2)N3Cc2ccccc2)ccc1C(F)(F)F. The Labute approximate surface area is 169 Å². The van der Waals surface area contributed by atoms with E-state index in [2.05, 4.69) is 17.0 Å². The zero-order chi connectivity index (χ0) is 20.6. The van der Waals surface area contributed by atoms with Crippen LogP contribution in [0, 0.1) is 12.8 Å². The molecule has 2 fully saturated rings. The monoisotopic (exact) mass is 401 g/mol. The molecule has 2 unspecified atom stereocenters. The van der Waals surface area contributed by atoms with E-state index < -0.39 is 11.7 Å². The lowest BCUT2D eigenvalue weighted by molar-refractivity contribution is -0.138. The summed E-state index contributed by atoms with van der Waals surface area (Å²) in [7, 11) is 0. The third-order valence-corrected chi connectivity index (χ3v) is 6.52. The van der Waals surface area contributed by atoms with Gasteiger partial charge in [-0.25, -0.2) is 0 Å². The fourth-order valence-corrected chi connectivity index (χ4v) is 5.12. The lowest BCUT2D eigenvalue weighted by atomic mass is 9.75. The number of hydrogen-bond acceptors (Lipinski definition) is 2. The second-order valence-corrected chi connectivity index (χ2v) is 8.46. The van der Waals surface area contributed by atoms with E-state index in [4.69, 9.17) is 0 Å². The lowest BCUT2D eigenvalue weighted by Gasteiger charge is -2.48. The van der Waals surface area contributed by atoms with Gasteiger partial charge in [0.2, 0.25) is 0 Å². The highest BCUT2D eigenvalue weighted by atomic mass is 19.4. The van der Waals surface area contributed by atoms with Gasteiger partial charge >= 0.3 is 6.18 Å². The van der Waals surface area contributed by atoms with Crippen molar-refractivity contribution in [3.05, 3.63) is 70.8 Å².